The molecule has 182 valence electrons. The van der Waals surface area contributed by atoms with Gasteiger partial charge in [0.1, 0.15) is 17.1 Å². The van der Waals surface area contributed by atoms with Crippen LogP contribution < -0.4 is 10.3 Å². The van der Waals surface area contributed by atoms with Crippen LogP contribution in [0.25, 0.3) is 10.9 Å². The van der Waals surface area contributed by atoms with E-state index in [9.17, 15) is 19.9 Å². The van der Waals surface area contributed by atoms with E-state index < -0.39 is 17.2 Å². The molecule has 2 fully saturated rings. The first kappa shape index (κ1) is 23.0. The van der Waals surface area contributed by atoms with Crippen molar-refractivity contribution < 1.29 is 19.5 Å². The summed E-state index contributed by atoms with van der Waals surface area (Å²) in [6.07, 6.45) is 3.20. The lowest BCUT2D eigenvalue weighted by Gasteiger charge is -2.36. The van der Waals surface area contributed by atoms with Gasteiger partial charge in [-0.25, -0.2) is 9.18 Å². The Morgan fingerprint density at radius 2 is 1.80 bits per heavy atom. The Hall–Kier alpha value is -3.72. The second-order valence-electron chi connectivity index (χ2n) is 9.31. The summed E-state index contributed by atoms with van der Waals surface area (Å²) in [7, 11) is 0. The van der Waals surface area contributed by atoms with Crippen LogP contribution in [-0.4, -0.2) is 64.2 Å². The number of anilines is 1. The smallest absolute Gasteiger partial charge is 0.341 e. The third-order valence-electron chi connectivity index (χ3n) is 6.86. The number of pyridine rings is 1. The van der Waals surface area contributed by atoms with Gasteiger partial charge in [-0.1, -0.05) is 35.0 Å². The van der Waals surface area contributed by atoms with Gasteiger partial charge in [0, 0.05) is 55.9 Å². The fourth-order valence-corrected chi connectivity index (χ4v) is 4.69. The van der Waals surface area contributed by atoms with E-state index in [1.54, 1.807) is 6.07 Å². The van der Waals surface area contributed by atoms with Crippen molar-refractivity contribution in [1.82, 2.24) is 9.47 Å². The average Bonchev–Trinajstić information content (AvgIpc) is 3.69. The fraction of sp³-hybridized carbons (Fsp3) is 0.346. The number of carboxylic acids is 1. The van der Waals surface area contributed by atoms with Crippen LogP contribution in [0.15, 0.2) is 52.5 Å². The Morgan fingerprint density at radius 1 is 1.11 bits per heavy atom. The van der Waals surface area contributed by atoms with Gasteiger partial charge in [0.2, 0.25) is 5.43 Å². The van der Waals surface area contributed by atoms with Crippen LogP contribution in [-0.2, 0) is 0 Å². The molecule has 0 bridgehead atoms. The van der Waals surface area contributed by atoms with Crippen LogP contribution in [0, 0.1) is 12.7 Å². The van der Waals surface area contributed by atoms with E-state index >= 15 is 4.39 Å². The number of piperazine rings is 1. The van der Waals surface area contributed by atoms with E-state index in [0.29, 0.717) is 49.6 Å². The number of nitrogens with zero attached hydrogens (tertiary/aromatic N) is 4. The minimum absolute atomic E-state index is 0.0959. The standard InChI is InChI=1S/C26H27FN4O4/c1-16-2-4-17(5-3-16)22(28-35)15-29-8-10-30(11-9-29)24-13-23-19(12-21(24)27)25(32)20(26(33)34)14-31(23)18-6-7-18/h2-5,12-14,18,35H,6-11,15H2,1H3,(H,33,34)/b28-22-. The third-order valence-corrected chi connectivity index (χ3v) is 6.86. The first-order valence-corrected chi connectivity index (χ1v) is 11.7. The minimum atomic E-state index is -1.30. The summed E-state index contributed by atoms with van der Waals surface area (Å²) in [6.45, 7) is 4.91. The first-order valence-electron chi connectivity index (χ1n) is 11.7. The number of carbonyl (C=O) groups is 1. The summed E-state index contributed by atoms with van der Waals surface area (Å²) in [4.78, 5) is 28.4. The number of hydrogen-bond donors (Lipinski definition) is 2. The van der Waals surface area contributed by atoms with E-state index in [2.05, 4.69) is 10.1 Å². The average molecular weight is 479 g/mol. The Kier molecular flexibility index (Phi) is 6.02. The molecule has 0 atom stereocenters. The number of aromatic carboxylic acids is 1. The lowest BCUT2D eigenvalue weighted by atomic mass is 10.1. The highest BCUT2D eigenvalue weighted by Gasteiger charge is 2.28. The Bertz CT molecular complexity index is 1370. The first-order chi connectivity index (χ1) is 16.9. The summed E-state index contributed by atoms with van der Waals surface area (Å²) < 4.78 is 17.0. The lowest BCUT2D eigenvalue weighted by molar-refractivity contribution is 0.0695. The quantitative estimate of drug-likeness (QED) is 0.320. The van der Waals surface area contributed by atoms with Crippen molar-refractivity contribution in [2.24, 2.45) is 5.16 Å². The van der Waals surface area contributed by atoms with Crippen LogP contribution in [0.5, 0.6) is 0 Å². The molecule has 9 heteroatoms. The molecule has 35 heavy (non-hydrogen) atoms. The van der Waals surface area contributed by atoms with Gasteiger partial charge in [0.15, 0.2) is 0 Å². The number of oxime groups is 1. The Balaban J connectivity index is 1.37. The molecule has 0 radical (unpaired) electrons. The molecule has 2 aliphatic rings. The van der Waals surface area contributed by atoms with Crippen LogP contribution in [0.4, 0.5) is 10.1 Å². The van der Waals surface area contributed by atoms with Crippen LogP contribution in [0.3, 0.4) is 0 Å². The maximum absolute atomic E-state index is 15.2. The molecule has 8 nitrogen and oxygen atoms in total. The van der Waals surface area contributed by atoms with Crippen molar-refractivity contribution in [2.45, 2.75) is 25.8 Å². The van der Waals surface area contributed by atoms with E-state index in [4.69, 9.17) is 0 Å². The molecule has 1 aliphatic heterocycles. The monoisotopic (exact) mass is 478 g/mol. The highest BCUT2D eigenvalue weighted by atomic mass is 19.1. The molecule has 0 spiro atoms. The molecule has 2 aromatic carbocycles. The molecular formula is C26H27FN4O4. The number of aromatic nitrogens is 1. The maximum Gasteiger partial charge on any atom is 0.341 e. The molecule has 1 aromatic heterocycles. The normalized spacial score (nSPS) is 17.2. The SMILES string of the molecule is Cc1ccc(/C(CN2CCN(c3cc4c(cc3F)c(=O)c(C(=O)O)cn4C3CC3)CC2)=N\O)cc1. The summed E-state index contributed by atoms with van der Waals surface area (Å²) in [5.74, 6) is -1.84. The molecule has 2 heterocycles. The number of fused-ring (bicyclic) bond motifs is 1. The van der Waals surface area contributed by atoms with Gasteiger partial charge in [-0.15, -0.1) is 0 Å². The van der Waals surface area contributed by atoms with Gasteiger partial charge in [-0.05, 0) is 31.9 Å². The van der Waals surface area contributed by atoms with Crippen molar-refractivity contribution in [3.05, 3.63) is 75.3 Å². The van der Waals surface area contributed by atoms with Crippen molar-refractivity contribution in [1.29, 1.82) is 0 Å². The second kappa shape index (κ2) is 9.14. The van der Waals surface area contributed by atoms with Gasteiger partial charge < -0.3 is 19.8 Å². The molecule has 1 saturated heterocycles. The van der Waals surface area contributed by atoms with Gasteiger partial charge in [0.05, 0.1) is 11.2 Å². The van der Waals surface area contributed by atoms with Gasteiger partial charge in [-0.3, -0.25) is 9.69 Å². The summed E-state index contributed by atoms with van der Waals surface area (Å²) in [6, 6.07) is 10.8. The highest BCUT2D eigenvalue weighted by molar-refractivity contribution is 6.01. The molecule has 1 saturated carbocycles. The predicted molar refractivity (Wildman–Crippen MR) is 132 cm³/mol. The number of halogens is 1. The van der Waals surface area contributed by atoms with Gasteiger partial charge in [-0.2, -0.15) is 0 Å². The molecule has 0 unspecified atom stereocenters. The lowest BCUT2D eigenvalue weighted by Crippen LogP contribution is -2.48. The summed E-state index contributed by atoms with van der Waals surface area (Å²) in [5.41, 5.74) is 2.55. The molecule has 0 amide bonds. The van der Waals surface area contributed by atoms with Gasteiger partial charge >= 0.3 is 5.97 Å². The predicted octanol–water partition coefficient (Wildman–Crippen LogP) is 3.48. The zero-order valence-corrected chi connectivity index (χ0v) is 19.4. The zero-order chi connectivity index (χ0) is 24.7. The van der Waals surface area contributed by atoms with Crippen LogP contribution in [0.1, 0.15) is 40.4 Å². The van der Waals surface area contributed by atoms with E-state index in [1.807, 2.05) is 40.7 Å². The maximum atomic E-state index is 15.2. The molecular weight excluding hydrogens is 451 g/mol. The minimum Gasteiger partial charge on any atom is -0.477 e. The largest absolute Gasteiger partial charge is 0.477 e. The fourth-order valence-electron chi connectivity index (χ4n) is 4.69. The number of benzene rings is 2. The van der Waals surface area contributed by atoms with Gasteiger partial charge in [0.25, 0.3) is 0 Å². The number of aryl methyl sites for hydroxylation is 1. The third kappa shape index (κ3) is 4.51. The Morgan fingerprint density at radius 3 is 2.40 bits per heavy atom. The van der Waals surface area contributed by atoms with Crippen LogP contribution >= 0.6 is 0 Å². The van der Waals surface area contributed by atoms with E-state index in [1.165, 1.54) is 12.3 Å². The molecule has 1 aliphatic carbocycles. The Labute approximate surface area is 201 Å². The number of hydrogen-bond acceptors (Lipinski definition) is 6. The van der Waals surface area contributed by atoms with Crippen molar-refractivity contribution in [3.8, 4) is 0 Å². The van der Waals surface area contributed by atoms with Crippen molar-refractivity contribution in [3.63, 3.8) is 0 Å². The van der Waals surface area contributed by atoms with Crippen molar-refractivity contribution >= 4 is 28.3 Å². The van der Waals surface area contributed by atoms with E-state index in [-0.39, 0.29) is 17.0 Å². The summed E-state index contributed by atoms with van der Waals surface area (Å²) in [5, 5.41) is 22.6. The molecule has 5 rings (SSSR count). The molecule has 2 N–H and O–H groups in total. The number of carboxylic acid groups (broad SMARTS) is 1. The van der Waals surface area contributed by atoms with Crippen molar-refractivity contribution in [2.75, 3.05) is 37.6 Å². The summed E-state index contributed by atoms with van der Waals surface area (Å²) >= 11 is 0. The molecule has 3 aromatic rings. The highest BCUT2D eigenvalue weighted by Crippen LogP contribution is 2.38. The zero-order valence-electron chi connectivity index (χ0n) is 19.4. The number of rotatable bonds is 6. The second-order valence-corrected chi connectivity index (χ2v) is 9.31. The topological polar surface area (TPSA) is 98.4 Å². The van der Waals surface area contributed by atoms with Crippen LogP contribution in [0.2, 0.25) is 0 Å². The van der Waals surface area contributed by atoms with E-state index in [0.717, 1.165) is 24.0 Å².